The van der Waals surface area contributed by atoms with Crippen LogP contribution >= 0.6 is 15.6 Å². The Kier molecular flexibility index (Phi) is 24.6. The van der Waals surface area contributed by atoms with Crippen molar-refractivity contribution in [1.82, 2.24) is 0 Å². The van der Waals surface area contributed by atoms with Crippen LogP contribution < -0.4 is 0 Å². The molecule has 178 valence electrons. The van der Waals surface area contributed by atoms with E-state index >= 15 is 0 Å². The van der Waals surface area contributed by atoms with Gasteiger partial charge in [0.05, 0.1) is 13.2 Å². The Hall–Kier alpha value is 1.26. The summed E-state index contributed by atoms with van der Waals surface area (Å²) in [6.45, 7) is 4.57. The number of phosphoric ester groups is 1. The maximum absolute atomic E-state index is 12.5. The van der Waals surface area contributed by atoms with Gasteiger partial charge in [-0.05, 0) is 12.8 Å². The molecule has 0 aliphatic rings. The van der Waals surface area contributed by atoms with Crippen molar-refractivity contribution < 1.29 is 32.3 Å². The molecule has 0 saturated heterocycles. The normalized spacial score (nSPS) is 12.1. The number of rotatable bonds is 22. The molecule has 0 fully saturated rings. The van der Waals surface area contributed by atoms with Crippen molar-refractivity contribution >= 4 is 45.2 Å². The number of hydrogen-bond donors (Lipinski definition) is 2. The second-order valence-electron chi connectivity index (χ2n) is 7.64. The topological polar surface area (TPSA) is 102 Å². The SMILES string of the molecule is CCCCCCCCCCOP(=O)(OCCCCCCCCCC)OP(=O)(O)O.[NaH]. The number of unbranched alkanes of at least 4 members (excludes halogenated alkanes) is 14. The van der Waals surface area contributed by atoms with E-state index in [0.29, 0.717) is 12.8 Å². The third-order valence-electron chi connectivity index (χ3n) is 4.70. The van der Waals surface area contributed by atoms with E-state index in [2.05, 4.69) is 18.2 Å². The monoisotopic (exact) mass is 482 g/mol. The Morgan fingerprint density at radius 3 is 1.17 bits per heavy atom. The molecule has 0 bridgehead atoms. The van der Waals surface area contributed by atoms with Gasteiger partial charge in [-0.3, -0.25) is 9.05 Å². The van der Waals surface area contributed by atoms with Crippen LogP contribution in [0.15, 0.2) is 0 Å². The van der Waals surface area contributed by atoms with E-state index in [1.54, 1.807) is 0 Å². The van der Waals surface area contributed by atoms with Crippen LogP contribution in [-0.2, 0) is 22.5 Å². The second kappa shape index (κ2) is 22.1. The van der Waals surface area contributed by atoms with Gasteiger partial charge in [-0.2, -0.15) is 4.31 Å². The molecule has 0 atom stereocenters. The van der Waals surface area contributed by atoms with Crippen LogP contribution in [0, 0.1) is 0 Å². The van der Waals surface area contributed by atoms with Gasteiger partial charge in [-0.15, -0.1) is 0 Å². The van der Waals surface area contributed by atoms with Crippen LogP contribution in [0.1, 0.15) is 117 Å². The quantitative estimate of drug-likeness (QED) is 0.0986. The zero-order chi connectivity index (χ0) is 21.8. The van der Waals surface area contributed by atoms with E-state index in [-0.39, 0.29) is 42.8 Å². The predicted molar refractivity (Wildman–Crippen MR) is 125 cm³/mol. The summed E-state index contributed by atoms with van der Waals surface area (Å²) in [7, 11) is -9.20. The molecule has 0 spiro atoms. The zero-order valence-corrected chi connectivity index (χ0v) is 20.3. The minimum absolute atomic E-state index is 0. The summed E-state index contributed by atoms with van der Waals surface area (Å²) in [5.41, 5.74) is 0. The standard InChI is InChI=1S/C20H44O7P2.Na.H/c1-3-5-7-9-11-13-15-17-19-25-29(24,27-28(21,22)23)26-20-18-16-14-12-10-8-6-4-2;;/h3-20H2,1-2H3,(H2,21,22,23);;. The molecule has 0 heterocycles. The van der Waals surface area contributed by atoms with Crippen molar-refractivity contribution in [2.45, 2.75) is 117 Å². The molecule has 0 unspecified atom stereocenters. The van der Waals surface area contributed by atoms with Crippen LogP contribution in [0.5, 0.6) is 0 Å². The molecule has 0 saturated carbocycles. The van der Waals surface area contributed by atoms with Crippen LogP contribution in [0.3, 0.4) is 0 Å². The van der Waals surface area contributed by atoms with Gasteiger partial charge in [-0.1, -0.05) is 104 Å². The summed E-state index contributed by atoms with van der Waals surface area (Å²) in [6.07, 6.45) is 17.5. The third-order valence-corrected chi connectivity index (χ3v) is 7.35. The van der Waals surface area contributed by atoms with Crippen LogP contribution in [0.25, 0.3) is 0 Å². The molecule has 0 rings (SSSR count). The van der Waals surface area contributed by atoms with Gasteiger partial charge in [0.25, 0.3) is 0 Å². The first-order valence-electron chi connectivity index (χ1n) is 11.5. The summed E-state index contributed by atoms with van der Waals surface area (Å²) in [5, 5.41) is 0. The fourth-order valence-corrected chi connectivity index (χ4v) is 5.24. The predicted octanol–water partition coefficient (Wildman–Crippen LogP) is 6.87. The molecule has 0 aromatic heterocycles. The molecular weight excluding hydrogens is 437 g/mol. The van der Waals surface area contributed by atoms with Gasteiger partial charge in [0, 0.05) is 0 Å². The molecule has 0 aromatic carbocycles. The fourth-order valence-electron chi connectivity index (χ4n) is 3.04. The second-order valence-corrected chi connectivity index (χ2v) is 10.7. The Balaban J connectivity index is 0. The molecule has 0 aliphatic carbocycles. The summed E-state index contributed by atoms with van der Waals surface area (Å²) in [4.78, 5) is 18.0. The Morgan fingerprint density at radius 2 is 0.867 bits per heavy atom. The maximum atomic E-state index is 12.5. The third kappa shape index (κ3) is 23.9. The van der Waals surface area contributed by atoms with Crippen molar-refractivity contribution in [3.05, 3.63) is 0 Å². The molecule has 2 N–H and O–H groups in total. The molecule has 0 aromatic rings. The van der Waals surface area contributed by atoms with E-state index in [9.17, 15) is 9.13 Å². The van der Waals surface area contributed by atoms with E-state index in [0.717, 1.165) is 38.5 Å². The molecule has 0 aliphatic heterocycles. The summed E-state index contributed by atoms with van der Waals surface area (Å²) < 4.78 is 38.2. The molecule has 7 nitrogen and oxygen atoms in total. The van der Waals surface area contributed by atoms with Crippen LogP contribution in [0.2, 0.25) is 0 Å². The molecule has 0 radical (unpaired) electrons. The van der Waals surface area contributed by atoms with Crippen LogP contribution in [0.4, 0.5) is 0 Å². The number of hydrogen-bond acceptors (Lipinski definition) is 5. The van der Waals surface area contributed by atoms with E-state index in [4.69, 9.17) is 18.8 Å². The summed E-state index contributed by atoms with van der Waals surface area (Å²) in [5.74, 6) is 0. The van der Waals surface area contributed by atoms with Gasteiger partial charge in [0.15, 0.2) is 0 Å². The average molecular weight is 483 g/mol. The van der Waals surface area contributed by atoms with E-state index < -0.39 is 15.6 Å². The van der Waals surface area contributed by atoms with Gasteiger partial charge in [-0.25, -0.2) is 9.13 Å². The Labute approximate surface area is 206 Å². The first kappa shape index (κ1) is 33.4. The Morgan fingerprint density at radius 1 is 0.567 bits per heavy atom. The molecule has 10 heteroatoms. The molecule has 0 amide bonds. The van der Waals surface area contributed by atoms with Crippen molar-refractivity contribution in [2.75, 3.05) is 13.2 Å². The van der Waals surface area contributed by atoms with E-state index in [1.165, 1.54) is 51.4 Å². The number of phosphoric acid groups is 2. The van der Waals surface area contributed by atoms with Crippen molar-refractivity contribution in [3.63, 3.8) is 0 Å². The average Bonchev–Trinajstić information content (AvgIpc) is 2.64. The Bertz CT molecular complexity index is 434. The summed E-state index contributed by atoms with van der Waals surface area (Å²) >= 11 is 0. The molecule has 30 heavy (non-hydrogen) atoms. The van der Waals surface area contributed by atoms with Gasteiger partial charge in [0.1, 0.15) is 0 Å². The molecular formula is C20H45NaO7P2. The summed E-state index contributed by atoms with van der Waals surface area (Å²) in [6, 6.07) is 0. The fraction of sp³-hybridized carbons (Fsp3) is 1.00. The van der Waals surface area contributed by atoms with Crippen LogP contribution in [-0.4, -0.2) is 52.6 Å². The first-order valence-corrected chi connectivity index (χ1v) is 14.5. The van der Waals surface area contributed by atoms with Gasteiger partial charge < -0.3 is 9.79 Å². The van der Waals surface area contributed by atoms with Crippen molar-refractivity contribution in [1.29, 1.82) is 0 Å². The minimum atomic E-state index is -4.95. The van der Waals surface area contributed by atoms with Gasteiger partial charge in [0.2, 0.25) is 0 Å². The zero-order valence-electron chi connectivity index (χ0n) is 18.6. The van der Waals surface area contributed by atoms with E-state index in [1.807, 2.05) is 0 Å². The first-order chi connectivity index (χ1) is 13.8. The van der Waals surface area contributed by atoms with Crippen molar-refractivity contribution in [2.24, 2.45) is 0 Å². The van der Waals surface area contributed by atoms with Gasteiger partial charge >= 0.3 is 45.2 Å². The van der Waals surface area contributed by atoms with Crippen molar-refractivity contribution in [3.8, 4) is 0 Å².